The molecule has 1 aromatic carbocycles. The Hall–Kier alpha value is -1.53. The Morgan fingerprint density at radius 3 is 2.90 bits per heavy atom. The molecule has 0 unspecified atom stereocenters. The van der Waals surface area contributed by atoms with Crippen LogP contribution in [0.3, 0.4) is 0 Å². The number of benzene rings is 1. The SMILES string of the molecule is CCNCc1cnc(Oc2cc(F)ccc2Br)nc1C. The number of aromatic nitrogens is 2. The summed E-state index contributed by atoms with van der Waals surface area (Å²) in [4.78, 5) is 8.42. The van der Waals surface area contributed by atoms with Crippen molar-refractivity contribution in [1.82, 2.24) is 15.3 Å². The van der Waals surface area contributed by atoms with Crippen LogP contribution >= 0.6 is 15.9 Å². The highest BCUT2D eigenvalue weighted by atomic mass is 79.9. The maximum Gasteiger partial charge on any atom is 0.322 e. The van der Waals surface area contributed by atoms with E-state index in [1.807, 2.05) is 13.8 Å². The molecule has 0 amide bonds. The molecule has 0 aliphatic carbocycles. The van der Waals surface area contributed by atoms with E-state index in [0.29, 0.717) is 16.8 Å². The number of aryl methyl sites for hydroxylation is 1. The minimum atomic E-state index is -0.372. The smallest absolute Gasteiger partial charge is 0.322 e. The van der Waals surface area contributed by atoms with Crippen LogP contribution in [0.15, 0.2) is 28.9 Å². The summed E-state index contributed by atoms with van der Waals surface area (Å²) in [5, 5.41) is 3.21. The molecule has 0 fully saturated rings. The molecule has 2 aromatic rings. The Morgan fingerprint density at radius 2 is 2.20 bits per heavy atom. The monoisotopic (exact) mass is 339 g/mol. The average Bonchev–Trinajstić information content (AvgIpc) is 2.42. The lowest BCUT2D eigenvalue weighted by Gasteiger charge is -2.09. The van der Waals surface area contributed by atoms with Gasteiger partial charge < -0.3 is 10.1 Å². The fourth-order valence-corrected chi connectivity index (χ4v) is 1.93. The van der Waals surface area contributed by atoms with Crippen LogP contribution in [0.25, 0.3) is 0 Å². The van der Waals surface area contributed by atoms with Crippen LogP contribution in [0.4, 0.5) is 4.39 Å². The fourth-order valence-electron chi connectivity index (χ4n) is 1.61. The quantitative estimate of drug-likeness (QED) is 0.904. The number of hydrogen-bond acceptors (Lipinski definition) is 4. The van der Waals surface area contributed by atoms with E-state index < -0.39 is 0 Å². The second-order valence-corrected chi connectivity index (χ2v) is 5.07. The highest BCUT2D eigenvalue weighted by Crippen LogP contribution is 2.28. The Bertz CT molecular complexity index is 607. The van der Waals surface area contributed by atoms with Crippen molar-refractivity contribution in [3.8, 4) is 11.8 Å². The molecule has 20 heavy (non-hydrogen) atoms. The van der Waals surface area contributed by atoms with Gasteiger partial charge in [-0.15, -0.1) is 0 Å². The number of ether oxygens (including phenoxy) is 1. The summed E-state index contributed by atoms with van der Waals surface area (Å²) in [6.45, 7) is 5.52. The van der Waals surface area contributed by atoms with Gasteiger partial charge in [-0.25, -0.2) is 9.37 Å². The van der Waals surface area contributed by atoms with Crippen LogP contribution in [0.2, 0.25) is 0 Å². The van der Waals surface area contributed by atoms with Crippen molar-refractivity contribution in [1.29, 1.82) is 0 Å². The van der Waals surface area contributed by atoms with Crippen LogP contribution in [-0.4, -0.2) is 16.5 Å². The van der Waals surface area contributed by atoms with Gasteiger partial charge in [-0.3, -0.25) is 0 Å². The fraction of sp³-hybridized carbons (Fsp3) is 0.286. The second-order valence-electron chi connectivity index (χ2n) is 4.22. The third kappa shape index (κ3) is 3.74. The van der Waals surface area contributed by atoms with E-state index in [0.717, 1.165) is 17.8 Å². The maximum atomic E-state index is 13.2. The molecular weight excluding hydrogens is 325 g/mol. The largest absolute Gasteiger partial charge is 0.423 e. The molecule has 6 heteroatoms. The first-order chi connectivity index (χ1) is 9.60. The van der Waals surface area contributed by atoms with Crippen molar-refractivity contribution < 1.29 is 9.13 Å². The van der Waals surface area contributed by atoms with Crippen LogP contribution < -0.4 is 10.1 Å². The van der Waals surface area contributed by atoms with Crippen LogP contribution in [0.5, 0.6) is 11.8 Å². The normalized spacial score (nSPS) is 10.6. The molecule has 0 radical (unpaired) electrons. The predicted octanol–water partition coefficient (Wildman–Crippen LogP) is 3.59. The van der Waals surface area contributed by atoms with Gasteiger partial charge >= 0.3 is 6.01 Å². The van der Waals surface area contributed by atoms with Crippen molar-refractivity contribution in [3.05, 3.63) is 45.9 Å². The molecular formula is C14H15BrFN3O. The highest BCUT2D eigenvalue weighted by molar-refractivity contribution is 9.10. The van der Waals surface area contributed by atoms with Gasteiger partial charge in [-0.2, -0.15) is 4.98 Å². The number of halogens is 2. The van der Waals surface area contributed by atoms with Crippen LogP contribution in [0.1, 0.15) is 18.2 Å². The first-order valence-electron chi connectivity index (χ1n) is 6.26. The topological polar surface area (TPSA) is 47.0 Å². The highest BCUT2D eigenvalue weighted by Gasteiger charge is 2.08. The first-order valence-corrected chi connectivity index (χ1v) is 7.05. The van der Waals surface area contributed by atoms with Gasteiger partial charge in [0.1, 0.15) is 11.6 Å². The molecule has 0 atom stereocenters. The van der Waals surface area contributed by atoms with Gasteiger partial charge in [0.2, 0.25) is 0 Å². The Balaban J connectivity index is 2.17. The minimum Gasteiger partial charge on any atom is -0.423 e. The van der Waals surface area contributed by atoms with Crippen LogP contribution in [-0.2, 0) is 6.54 Å². The maximum absolute atomic E-state index is 13.2. The molecule has 4 nitrogen and oxygen atoms in total. The Morgan fingerprint density at radius 1 is 1.40 bits per heavy atom. The molecule has 2 rings (SSSR count). The van der Waals surface area contributed by atoms with Gasteiger partial charge in [0.05, 0.1) is 4.47 Å². The molecule has 0 bridgehead atoms. The zero-order valence-electron chi connectivity index (χ0n) is 11.3. The summed E-state index contributed by atoms with van der Waals surface area (Å²) >= 11 is 3.30. The third-order valence-electron chi connectivity index (χ3n) is 2.72. The molecule has 1 N–H and O–H groups in total. The number of hydrogen-bond donors (Lipinski definition) is 1. The van der Waals surface area contributed by atoms with Crippen molar-refractivity contribution in [2.45, 2.75) is 20.4 Å². The molecule has 1 aromatic heterocycles. The van der Waals surface area contributed by atoms with Crippen molar-refractivity contribution in [2.75, 3.05) is 6.54 Å². The molecule has 0 saturated carbocycles. The molecule has 0 saturated heterocycles. The van der Waals surface area contributed by atoms with Crippen LogP contribution in [0, 0.1) is 12.7 Å². The van der Waals surface area contributed by atoms with E-state index in [1.54, 1.807) is 12.3 Å². The molecule has 0 spiro atoms. The van der Waals surface area contributed by atoms with Crippen molar-refractivity contribution in [2.24, 2.45) is 0 Å². The van der Waals surface area contributed by atoms with E-state index >= 15 is 0 Å². The van der Waals surface area contributed by atoms with Gasteiger partial charge in [0.15, 0.2) is 0 Å². The lowest BCUT2D eigenvalue weighted by Crippen LogP contribution is -2.13. The number of nitrogens with one attached hydrogen (secondary N) is 1. The standard InChI is InChI=1S/C14H15BrFN3O/c1-3-17-7-10-8-18-14(19-9(10)2)20-13-6-11(16)4-5-12(13)15/h4-6,8,17H,3,7H2,1-2H3. The molecule has 0 aliphatic rings. The number of rotatable bonds is 5. The van der Waals surface area contributed by atoms with E-state index in [4.69, 9.17) is 4.74 Å². The first kappa shape index (κ1) is 14.9. The van der Waals surface area contributed by atoms with Gasteiger partial charge in [-0.05, 0) is 41.5 Å². The van der Waals surface area contributed by atoms with E-state index in [2.05, 4.69) is 31.2 Å². The molecule has 1 heterocycles. The average molecular weight is 340 g/mol. The van der Waals surface area contributed by atoms with E-state index in [9.17, 15) is 4.39 Å². The molecule has 0 aliphatic heterocycles. The van der Waals surface area contributed by atoms with E-state index in [1.165, 1.54) is 12.1 Å². The Labute approximate surface area is 125 Å². The number of nitrogens with zero attached hydrogens (tertiary/aromatic N) is 2. The zero-order valence-corrected chi connectivity index (χ0v) is 12.9. The summed E-state index contributed by atoms with van der Waals surface area (Å²) in [7, 11) is 0. The lowest BCUT2D eigenvalue weighted by atomic mass is 10.2. The summed E-state index contributed by atoms with van der Waals surface area (Å²) in [6, 6.07) is 4.42. The summed E-state index contributed by atoms with van der Waals surface area (Å²) in [5.74, 6) is -0.0208. The summed E-state index contributed by atoms with van der Waals surface area (Å²) in [5.41, 5.74) is 1.85. The minimum absolute atomic E-state index is 0.203. The summed E-state index contributed by atoms with van der Waals surface area (Å²) in [6.07, 6.45) is 1.72. The van der Waals surface area contributed by atoms with Gasteiger partial charge in [0, 0.05) is 30.1 Å². The lowest BCUT2D eigenvalue weighted by molar-refractivity contribution is 0.432. The zero-order chi connectivity index (χ0) is 14.5. The van der Waals surface area contributed by atoms with E-state index in [-0.39, 0.29) is 11.8 Å². The third-order valence-corrected chi connectivity index (χ3v) is 3.37. The van der Waals surface area contributed by atoms with Crippen molar-refractivity contribution >= 4 is 15.9 Å². The molecule has 106 valence electrons. The van der Waals surface area contributed by atoms with Gasteiger partial charge in [-0.1, -0.05) is 6.92 Å². The van der Waals surface area contributed by atoms with Crippen molar-refractivity contribution in [3.63, 3.8) is 0 Å². The predicted molar refractivity (Wildman–Crippen MR) is 78.3 cm³/mol. The van der Waals surface area contributed by atoms with Gasteiger partial charge in [0.25, 0.3) is 0 Å². The summed E-state index contributed by atoms with van der Waals surface area (Å²) < 4.78 is 19.3. The second kappa shape index (κ2) is 6.76. The Kier molecular flexibility index (Phi) is 5.03.